The average Bonchev–Trinajstić information content (AvgIpc) is 2.37. The van der Waals surface area contributed by atoms with E-state index in [0.717, 1.165) is 12.8 Å². The van der Waals surface area contributed by atoms with Gasteiger partial charge in [0.1, 0.15) is 11.6 Å². The maximum Gasteiger partial charge on any atom is 0.410 e. The summed E-state index contributed by atoms with van der Waals surface area (Å²) in [5.41, 5.74) is 4.88. The van der Waals surface area contributed by atoms with Crippen LogP contribution < -0.4 is 5.73 Å². The van der Waals surface area contributed by atoms with E-state index in [-0.39, 0.29) is 12.7 Å². The number of rotatable bonds is 5. The molecule has 0 bridgehead atoms. The molecule has 21 heavy (non-hydrogen) atoms. The van der Waals surface area contributed by atoms with Crippen molar-refractivity contribution >= 4 is 12.1 Å². The molecule has 3 N–H and O–H groups in total. The molecule has 122 valence electrons. The molecule has 0 aliphatic carbocycles. The van der Waals surface area contributed by atoms with Gasteiger partial charge < -0.3 is 25.2 Å². The molecular formula is C14H26N2O5. The van der Waals surface area contributed by atoms with Gasteiger partial charge in [0.05, 0.1) is 6.61 Å². The number of nitrogens with zero attached hydrogens (tertiary/aromatic N) is 1. The lowest BCUT2D eigenvalue weighted by Crippen LogP contribution is -2.42. The molecular weight excluding hydrogens is 276 g/mol. The standard InChI is InChI=1S/C14H26N2O5/c1-14(2,3)21-13(19)16-6-4-10(5-7-16)8-20-9-11(15)12(17)18/h10-11H,4-9,15H2,1-3H3,(H,17,18). The number of piperidine rings is 1. The monoisotopic (exact) mass is 302 g/mol. The van der Waals surface area contributed by atoms with Crippen molar-refractivity contribution in [2.24, 2.45) is 11.7 Å². The van der Waals surface area contributed by atoms with E-state index in [2.05, 4.69) is 0 Å². The van der Waals surface area contributed by atoms with Gasteiger partial charge in [0, 0.05) is 19.7 Å². The van der Waals surface area contributed by atoms with Crippen molar-refractivity contribution in [1.29, 1.82) is 0 Å². The fourth-order valence-corrected chi connectivity index (χ4v) is 2.04. The number of ether oxygens (including phenoxy) is 2. The first kappa shape index (κ1) is 17.7. The largest absolute Gasteiger partial charge is 0.480 e. The molecule has 0 aromatic rings. The van der Waals surface area contributed by atoms with E-state index in [4.69, 9.17) is 20.3 Å². The maximum absolute atomic E-state index is 11.9. The summed E-state index contributed by atoms with van der Waals surface area (Å²) in [6, 6.07) is -0.980. The van der Waals surface area contributed by atoms with Crippen molar-refractivity contribution in [3.8, 4) is 0 Å². The average molecular weight is 302 g/mol. The van der Waals surface area contributed by atoms with Gasteiger partial charge in [-0.1, -0.05) is 0 Å². The molecule has 7 heteroatoms. The second-order valence-electron chi connectivity index (χ2n) is 6.39. The summed E-state index contributed by atoms with van der Waals surface area (Å²) in [4.78, 5) is 24.1. The molecule has 1 heterocycles. The Morgan fingerprint density at radius 2 is 1.90 bits per heavy atom. The van der Waals surface area contributed by atoms with Crippen LogP contribution in [0.4, 0.5) is 4.79 Å². The fourth-order valence-electron chi connectivity index (χ4n) is 2.04. The van der Waals surface area contributed by atoms with E-state index < -0.39 is 17.6 Å². The van der Waals surface area contributed by atoms with Crippen LogP contribution in [0.25, 0.3) is 0 Å². The van der Waals surface area contributed by atoms with E-state index in [1.807, 2.05) is 20.8 Å². The molecule has 1 fully saturated rings. The van der Waals surface area contributed by atoms with Gasteiger partial charge in [-0.05, 0) is 39.5 Å². The van der Waals surface area contributed by atoms with Crippen LogP contribution in [0, 0.1) is 5.92 Å². The number of carboxylic acids is 1. The number of hydrogen-bond acceptors (Lipinski definition) is 5. The van der Waals surface area contributed by atoms with Gasteiger partial charge in [0.2, 0.25) is 0 Å². The highest BCUT2D eigenvalue weighted by Crippen LogP contribution is 2.19. The van der Waals surface area contributed by atoms with E-state index in [1.54, 1.807) is 4.90 Å². The minimum atomic E-state index is -1.06. The van der Waals surface area contributed by atoms with E-state index in [0.29, 0.717) is 25.6 Å². The summed E-state index contributed by atoms with van der Waals surface area (Å²) in [5.74, 6) is -0.737. The predicted octanol–water partition coefficient (Wildman–Crippen LogP) is 1.06. The van der Waals surface area contributed by atoms with Gasteiger partial charge >= 0.3 is 12.1 Å². The number of hydrogen-bond donors (Lipinski definition) is 2. The predicted molar refractivity (Wildman–Crippen MR) is 77.0 cm³/mol. The van der Waals surface area contributed by atoms with Crippen LogP contribution in [0.1, 0.15) is 33.6 Å². The Labute approximate surface area is 125 Å². The highest BCUT2D eigenvalue weighted by Gasteiger charge is 2.27. The Morgan fingerprint density at radius 3 is 2.38 bits per heavy atom. The summed E-state index contributed by atoms with van der Waals surface area (Å²) in [6.45, 7) is 7.29. The summed E-state index contributed by atoms with van der Waals surface area (Å²) in [7, 11) is 0. The Morgan fingerprint density at radius 1 is 1.33 bits per heavy atom. The molecule has 0 aromatic heterocycles. The third-order valence-electron chi connectivity index (χ3n) is 3.23. The molecule has 1 unspecified atom stereocenters. The van der Waals surface area contributed by atoms with E-state index in [1.165, 1.54) is 0 Å². The lowest BCUT2D eigenvalue weighted by atomic mass is 9.98. The van der Waals surface area contributed by atoms with Gasteiger partial charge in [0.25, 0.3) is 0 Å². The molecule has 1 amide bonds. The highest BCUT2D eigenvalue weighted by atomic mass is 16.6. The van der Waals surface area contributed by atoms with Crippen LogP contribution in [0.5, 0.6) is 0 Å². The van der Waals surface area contributed by atoms with Crippen molar-refractivity contribution in [1.82, 2.24) is 4.90 Å². The van der Waals surface area contributed by atoms with Crippen LogP contribution in [0.3, 0.4) is 0 Å². The van der Waals surface area contributed by atoms with Crippen LogP contribution >= 0.6 is 0 Å². The summed E-state index contributed by atoms with van der Waals surface area (Å²) in [5, 5.41) is 8.64. The number of carbonyl (C=O) groups excluding carboxylic acids is 1. The normalized spacial score (nSPS) is 18.4. The minimum absolute atomic E-state index is 0.0155. The van der Waals surface area contributed by atoms with Crippen LogP contribution in [0.15, 0.2) is 0 Å². The molecule has 7 nitrogen and oxygen atoms in total. The second-order valence-corrected chi connectivity index (χ2v) is 6.39. The molecule has 1 saturated heterocycles. The molecule has 0 radical (unpaired) electrons. The zero-order valence-electron chi connectivity index (χ0n) is 13.0. The number of carbonyl (C=O) groups is 2. The van der Waals surface area contributed by atoms with Gasteiger partial charge in [-0.2, -0.15) is 0 Å². The molecule has 0 aromatic carbocycles. The van der Waals surface area contributed by atoms with E-state index >= 15 is 0 Å². The highest BCUT2D eigenvalue weighted by molar-refractivity contribution is 5.73. The van der Waals surface area contributed by atoms with Crippen molar-refractivity contribution in [3.05, 3.63) is 0 Å². The number of likely N-dealkylation sites (tertiary alicyclic amines) is 1. The minimum Gasteiger partial charge on any atom is -0.480 e. The summed E-state index contributed by atoms with van der Waals surface area (Å²) in [6.07, 6.45) is 1.36. The molecule has 1 aliphatic rings. The number of aliphatic carboxylic acids is 1. The first-order chi connectivity index (χ1) is 9.69. The second kappa shape index (κ2) is 7.61. The van der Waals surface area contributed by atoms with Crippen LogP contribution in [0.2, 0.25) is 0 Å². The Hall–Kier alpha value is -1.34. The first-order valence-corrected chi connectivity index (χ1v) is 7.23. The SMILES string of the molecule is CC(C)(C)OC(=O)N1CCC(COCC(N)C(=O)O)CC1. The zero-order chi connectivity index (χ0) is 16.0. The summed E-state index contributed by atoms with van der Waals surface area (Å²) >= 11 is 0. The Balaban J connectivity index is 2.23. The van der Waals surface area contributed by atoms with Crippen molar-refractivity contribution in [2.75, 3.05) is 26.3 Å². The molecule has 1 rings (SSSR count). The number of amides is 1. The lowest BCUT2D eigenvalue weighted by molar-refractivity contribution is -0.140. The summed E-state index contributed by atoms with van der Waals surface area (Å²) < 4.78 is 10.7. The first-order valence-electron chi connectivity index (χ1n) is 7.23. The third kappa shape index (κ3) is 6.77. The van der Waals surface area contributed by atoms with Crippen molar-refractivity contribution in [2.45, 2.75) is 45.3 Å². The lowest BCUT2D eigenvalue weighted by Gasteiger charge is -2.33. The molecule has 1 atom stereocenters. The fraction of sp³-hybridized carbons (Fsp3) is 0.857. The van der Waals surface area contributed by atoms with Crippen LogP contribution in [-0.2, 0) is 14.3 Å². The van der Waals surface area contributed by atoms with Crippen LogP contribution in [-0.4, -0.2) is 60.0 Å². The molecule has 1 aliphatic heterocycles. The van der Waals surface area contributed by atoms with Crippen molar-refractivity contribution in [3.63, 3.8) is 0 Å². The van der Waals surface area contributed by atoms with Gasteiger partial charge in [-0.3, -0.25) is 4.79 Å². The van der Waals surface area contributed by atoms with Gasteiger partial charge in [-0.25, -0.2) is 4.79 Å². The molecule has 0 spiro atoms. The van der Waals surface area contributed by atoms with Crippen molar-refractivity contribution < 1.29 is 24.2 Å². The van der Waals surface area contributed by atoms with Gasteiger partial charge in [0.15, 0.2) is 0 Å². The molecule has 0 saturated carbocycles. The smallest absolute Gasteiger partial charge is 0.410 e. The Bertz CT molecular complexity index is 359. The Kier molecular flexibility index (Phi) is 6.42. The van der Waals surface area contributed by atoms with Gasteiger partial charge in [-0.15, -0.1) is 0 Å². The zero-order valence-corrected chi connectivity index (χ0v) is 13.0. The topological polar surface area (TPSA) is 102 Å². The van der Waals surface area contributed by atoms with E-state index in [9.17, 15) is 9.59 Å². The quantitative estimate of drug-likeness (QED) is 0.787. The number of nitrogens with two attached hydrogens (primary N) is 1. The maximum atomic E-state index is 11.9. The number of carboxylic acid groups (broad SMARTS) is 1. The third-order valence-corrected chi connectivity index (χ3v) is 3.23.